The number of methoxy groups -OCH3 is 2. The number of carbonyl (C=O) groups excluding carboxylic acids is 1. The number of nitrogens with zero attached hydrogens (tertiary/aromatic N) is 4. The van der Waals surface area contributed by atoms with E-state index >= 15 is 0 Å². The smallest absolute Gasteiger partial charge is 0.337 e. The third-order valence-electron chi connectivity index (χ3n) is 5.42. The molecular formula is C21H24N6O5S. The highest BCUT2D eigenvalue weighted by Gasteiger charge is 2.25. The highest BCUT2D eigenvalue weighted by atomic mass is 32.2. The summed E-state index contributed by atoms with van der Waals surface area (Å²) in [5.74, 6) is -0.211. The van der Waals surface area contributed by atoms with Crippen molar-refractivity contribution in [1.29, 1.82) is 0 Å². The van der Waals surface area contributed by atoms with Gasteiger partial charge in [0.2, 0.25) is 5.82 Å². The van der Waals surface area contributed by atoms with Gasteiger partial charge in [0.25, 0.3) is 10.0 Å². The van der Waals surface area contributed by atoms with E-state index in [-0.39, 0.29) is 16.2 Å². The van der Waals surface area contributed by atoms with Crippen LogP contribution in [-0.2, 0) is 14.8 Å². The molecule has 174 valence electrons. The fraction of sp³-hybridized carbons (Fsp3) is 0.333. The molecule has 0 aliphatic carbocycles. The van der Waals surface area contributed by atoms with Crippen LogP contribution in [0.3, 0.4) is 0 Å². The van der Waals surface area contributed by atoms with Gasteiger partial charge in [-0.15, -0.1) is 10.2 Å². The number of tetrazole rings is 1. The fourth-order valence-electron chi connectivity index (χ4n) is 3.78. The predicted octanol–water partition coefficient (Wildman–Crippen LogP) is 2.45. The Labute approximate surface area is 191 Å². The molecule has 0 saturated carbocycles. The summed E-state index contributed by atoms with van der Waals surface area (Å²) in [6.07, 6.45) is 3.18. The Bertz CT molecular complexity index is 1240. The van der Waals surface area contributed by atoms with Gasteiger partial charge >= 0.3 is 5.97 Å². The number of hydrogen-bond acceptors (Lipinski definition) is 9. The van der Waals surface area contributed by atoms with Crippen LogP contribution in [0.1, 0.15) is 29.6 Å². The van der Waals surface area contributed by atoms with E-state index in [0.29, 0.717) is 17.1 Å². The zero-order valence-electron chi connectivity index (χ0n) is 18.2. The molecule has 33 heavy (non-hydrogen) atoms. The molecule has 1 aliphatic rings. The van der Waals surface area contributed by atoms with E-state index in [9.17, 15) is 13.2 Å². The minimum Gasteiger partial charge on any atom is -0.495 e. The van der Waals surface area contributed by atoms with Gasteiger partial charge in [0.15, 0.2) is 0 Å². The van der Waals surface area contributed by atoms with Crippen molar-refractivity contribution in [3.8, 4) is 17.1 Å². The van der Waals surface area contributed by atoms with Crippen molar-refractivity contribution in [2.45, 2.75) is 24.2 Å². The molecule has 0 amide bonds. The molecule has 2 heterocycles. The summed E-state index contributed by atoms with van der Waals surface area (Å²) in [6.45, 7) is 1.63. The minimum atomic E-state index is -4.14. The molecule has 1 fully saturated rings. The van der Waals surface area contributed by atoms with Crippen molar-refractivity contribution in [2.24, 2.45) is 0 Å². The molecule has 1 aliphatic heterocycles. The second kappa shape index (κ2) is 9.45. The van der Waals surface area contributed by atoms with E-state index in [2.05, 4.69) is 30.2 Å². The summed E-state index contributed by atoms with van der Waals surface area (Å²) in [7, 11) is -1.55. The van der Waals surface area contributed by atoms with Crippen molar-refractivity contribution in [3.63, 3.8) is 0 Å². The van der Waals surface area contributed by atoms with Crippen LogP contribution in [0.5, 0.6) is 5.75 Å². The molecule has 1 aromatic heterocycles. The Kier molecular flexibility index (Phi) is 6.45. The van der Waals surface area contributed by atoms with Crippen LogP contribution in [0, 0.1) is 0 Å². The monoisotopic (exact) mass is 472 g/mol. The lowest BCUT2D eigenvalue weighted by atomic mass is 10.1. The fourth-order valence-corrected chi connectivity index (χ4v) is 5.04. The summed E-state index contributed by atoms with van der Waals surface area (Å²) in [6, 6.07) is 9.43. The van der Waals surface area contributed by atoms with E-state index in [1.165, 1.54) is 32.4 Å². The second-order valence-corrected chi connectivity index (χ2v) is 9.13. The molecule has 2 aromatic carbocycles. The number of rotatable bonds is 7. The molecule has 3 aromatic rings. The maximum Gasteiger partial charge on any atom is 0.337 e. The van der Waals surface area contributed by atoms with Crippen molar-refractivity contribution >= 4 is 27.4 Å². The van der Waals surface area contributed by atoms with E-state index in [1.807, 2.05) is 12.1 Å². The van der Waals surface area contributed by atoms with Crippen LogP contribution < -0.4 is 14.4 Å². The van der Waals surface area contributed by atoms with Gasteiger partial charge in [-0.25, -0.2) is 13.2 Å². The summed E-state index contributed by atoms with van der Waals surface area (Å²) in [5, 5.41) is 13.9. The van der Waals surface area contributed by atoms with Crippen molar-refractivity contribution in [1.82, 2.24) is 20.6 Å². The maximum absolute atomic E-state index is 13.5. The largest absolute Gasteiger partial charge is 0.495 e. The van der Waals surface area contributed by atoms with E-state index in [0.717, 1.165) is 38.0 Å². The number of hydrogen-bond donors (Lipinski definition) is 2. The number of H-pyrrole nitrogens is 1. The van der Waals surface area contributed by atoms with E-state index < -0.39 is 16.0 Å². The number of esters is 1. The molecule has 0 radical (unpaired) electrons. The molecule has 0 spiro atoms. The Morgan fingerprint density at radius 1 is 1.09 bits per heavy atom. The lowest BCUT2D eigenvalue weighted by molar-refractivity contribution is 0.0600. The van der Waals surface area contributed by atoms with Crippen LogP contribution in [-0.4, -0.2) is 62.3 Å². The van der Waals surface area contributed by atoms with Crippen molar-refractivity contribution in [3.05, 3.63) is 42.0 Å². The number of piperidine rings is 1. The van der Waals surface area contributed by atoms with Crippen LogP contribution in [0.4, 0.5) is 11.4 Å². The Balaban J connectivity index is 1.78. The molecule has 0 unspecified atom stereocenters. The first kappa shape index (κ1) is 22.5. The van der Waals surface area contributed by atoms with Gasteiger partial charge in [-0.3, -0.25) is 4.72 Å². The van der Waals surface area contributed by atoms with E-state index in [1.54, 1.807) is 6.07 Å². The standard InChI is InChI=1S/C21H24N6O5S/c1-31-18-9-7-15(21(28)32-2)13-19(18)33(29,30)24-16-12-14(20-22-25-26-23-20)6-8-17(16)27-10-4-3-5-11-27/h6-9,12-13,24H,3-5,10-11H2,1-2H3,(H,22,23,25,26). The zero-order chi connectivity index (χ0) is 23.4. The average molecular weight is 473 g/mol. The summed E-state index contributed by atoms with van der Waals surface area (Å²) >= 11 is 0. The summed E-state index contributed by atoms with van der Waals surface area (Å²) < 4.78 is 39.6. The number of sulfonamides is 1. The van der Waals surface area contributed by atoms with Gasteiger partial charge in [-0.2, -0.15) is 5.21 Å². The quantitative estimate of drug-likeness (QED) is 0.496. The molecule has 0 atom stereocenters. The molecular weight excluding hydrogens is 448 g/mol. The van der Waals surface area contributed by atoms with Crippen molar-refractivity contribution in [2.75, 3.05) is 36.9 Å². The molecule has 11 nitrogen and oxygen atoms in total. The molecule has 0 bridgehead atoms. The SMILES string of the molecule is COC(=O)c1ccc(OC)c(S(=O)(=O)Nc2cc(-c3nn[nH]n3)ccc2N2CCCCC2)c1. The number of benzene rings is 2. The van der Waals surface area contributed by atoms with Crippen LogP contribution in [0.25, 0.3) is 11.4 Å². The number of nitrogens with one attached hydrogen (secondary N) is 2. The van der Waals surface area contributed by atoms with E-state index in [4.69, 9.17) is 9.47 Å². The van der Waals surface area contributed by atoms with Gasteiger partial charge in [0, 0.05) is 18.7 Å². The summed E-state index contributed by atoms with van der Waals surface area (Å²) in [5.41, 5.74) is 1.80. The Morgan fingerprint density at radius 3 is 2.55 bits per heavy atom. The van der Waals surface area contributed by atoms with Crippen LogP contribution in [0.2, 0.25) is 0 Å². The van der Waals surface area contributed by atoms with Gasteiger partial charge in [0.1, 0.15) is 10.6 Å². The predicted molar refractivity (Wildman–Crippen MR) is 121 cm³/mol. The highest BCUT2D eigenvalue weighted by molar-refractivity contribution is 7.92. The number of anilines is 2. The van der Waals surface area contributed by atoms with Gasteiger partial charge in [0.05, 0.1) is 31.2 Å². The van der Waals surface area contributed by atoms with Gasteiger partial charge in [-0.1, -0.05) is 0 Å². The number of aromatic amines is 1. The maximum atomic E-state index is 13.5. The third kappa shape index (κ3) is 4.75. The summed E-state index contributed by atoms with van der Waals surface area (Å²) in [4.78, 5) is 13.9. The van der Waals surface area contributed by atoms with Crippen LogP contribution in [0.15, 0.2) is 41.3 Å². The number of carbonyl (C=O) groups is 1. The Morgan fingerprint density at radius 2 is 1.88 bits per heavy atom. The first-order valence-corrected chi connectivity index (χ1v) is 11.8. The number of aromatic nitrogens is 4. The number of ether oxygens (including phenoxy) is 2. The van der Waals surface area contributed by atoms with Crippen LogP contribution >= 0.6 is 0 Å². The average Bonchev–Trinajstić information content (AvgIpc) is 3.38. The molecule has 1 saturated heterocycles. The third-order valence-corrected chi connectivity index (χ3v) is 6.80. The normalized spacial score (nSPS) is 14.1. The topological polar surface area (TPSA) is 139 Å². The minimum absolute atomic E-state index is 0.0930. The first-order chi connectivity index (χ1) is 15.9. The zero-order valence-corrected chi connectivity index (χ0v) is 19.1. The van der Waals surface area contributed by atoms with Gasteiger partial charge < -0.3 is 14.4 Å². The molecule has 2 N–H and O–H groups in total. The van der Waals surface area contributed by atoms with Gasteiger partial charge in [-0.05, 0) is 60.9 Å². The molecule has 4 rings (SSSR count). The highest BCUT2D eigenvalue weighted by Crippen LogP contribution is 2.35. The lowest BCUT2D eigenvalue weighted by Gasteiger charge is -2.31. The molecule has 12 heteroatoms. The first-order valence-electron chi connectivity index (χ1n) is 10.3. The van der Waals surface area contributed by atoms with Crippen molar-refractivity contribution < 1.29 is 22.7 Å². The second-order valence-electron chi connectivity index (χ2n) is 7.48. The Hall–Kier alpha value is -3.67. The lowest BCUT2D eigenvalue weighted by Crippen LogP contribution is -2.30.